The molecule has 0 saturated carbocycles. The van der Waals surface area contributed by atoms with E-state index in [1.807, 2.05) is 0 Å². The molecule has 1 heterocycles. The quantitative estimate of drug-likeness (QED) is 0.769. The number of ether oxygens (including phenoxy) is 2. The van der Waals surface area contributed by atoms with Crippen molar-refractivity contribution in [1.82, 2.24) is 0 Å². The summed E-state index contributed by atoms with van der Waals surface area (Å²) in [5.41, 5.74) is 0. The number of rotatable bonds is 1. The van der Waals surface area contributed by atoms with Gasteiger partial charge in [0, 0.05) is 6.07 Å². The number of halogens is 2. The Balaban J connectivity index is 0.00000112. The van der Waals surface area contributed by atoms with Crippen LogP contribution in [-0.4, -0.2) is 19.5 Å². The standard InChI is InChI=1S/C7H5FO5S.ClH/c8-7-12-5-2-1-4(14(9,10)11)3-6(5)13-7;/h1-3,7H,(H,9,10,11);1H. The third-order valence-corrected chi connectivity index (χ3v) is 2.50. The lowest BCUT2D eigenvalue weighted by Gasteiger charge is -1.98. The molecule has 1 atom stereocenters. The molecule has 0 aromatic heterocycles. The molecule has 0 spiro atoms. The predicted octanol–water partition coefficient (Wildman–Crippen LogP) is 1.38. The van der Waals surface area contributed by atoms with Gasteiger partial charge in [-0.15, -0.1) is 12.4 Å². The van der Waals surface area contributed by atoms with Crippen molar-refractivity contribution in [2.75, 3.05) is 0 Å². The normalized spacial score (nSPS) is 18.4. The van der Waals surface area contributed by atoms with Gasteiger partial charge in [0.15, 0.2) is 11.5 Å². The van der Waals surface area contributed by atoms with Crippen LogP contribution in [0.5, 0.6) is 11.5 Å². The second kappa shape index (κ2) is 3.84. The maximum Gasteiger partial charge on any atom is 0.397 e. The summed E-state index contributed by atoms with van der Waals surface area (Å²) < 4.78 is 51.5. The monoisotopic (exact) mass is 256 g/mol. The van der Waals surface area contributed by atoms with Gasteiger partial charge in [-0.05, 0) is 12.1 Å². The Labute approximate surface area is 91.0 Å². The number of hydrogen-bond donors (Lipinski definition) is 1. The van der Waals surface area contributed by atoms with Crippen LogP contribution in [0.1, 0.15) is 0 Å². The zero-order valence-electron chi connectivity index (χ0n) is 7.08. The maximum absolute atomic E-state index is 12.5. The van der Waals surface area contributed by atoms with Crippen LogP contribution in [-0.2, 0) is 10.1 Å². The van der Waals surface area contributed by atoms with Crippen LogP contribution in [0.3, 0.4) is 0 Å². The highest BCUT2D eigenvalue weighted by atomic mass is 35.5. The first-order chi connectivity index (χ1) is 6.47. The molecule has 1 aliphatic heterocycles. The average Bonchev–Trinajstić information content (AvgIpc) is 2.41. The van der Waals surface area contributed by atoms with E-state index in [0.29, 0.717) is 0 Å². The molecular weight excluding hydrogens is 251 g/mol. The third kappa shape index (κ3) is 2.31. The Morgan fingerprint density at radius 1 is 1.27 bits per heavy atom. The van der Waals surface area contributed by atoms with E-state index in [0.717, 1.165) is 12.1 Å². The summed E-state index contributed by atoms with van der Waals surface area (Å²) in [6, 6.07) is 3.29. The Morgan fingerprint density at radius 3 is 2.47 bits per heavy atom. The molecule has 0 fully saturated rings. The van der Waals surface area contributed by atoms with Crippen LogP contribution in [0.4, 0.5) is 4.39 Å². The van der Waals surface area contributed by atoms with Crippen molar-refractivity contribution in [3.8, 4) is 11.5 Å². The second-order valence-corrected chi connectivity index (χ2v) is 4.02. The maximum atomic E-state index is 12.5. The highest BCUT2D eigenvalue weighted by molar-refractivity contribution is 7.85. The second-order valence-electron chi connectivity index (χ2n) is 2.59. The Bertz CT molecular complexity index is 474. The first kappa shape index (κ1) is 12.0. The lowest BCUT2D eigenvalue weighted by atomic mass is 10.3. The molecule has 0 radical (unpaired) electrons. The van der Waals surface area contributed by atoms with Crippen LogP contribution >= 0.6 is 12.4 Å². The van der Waals surface area contributed by atoms with E-state index >= 15 is 0 Å². The molecule has 0 amide bonds. The van der Waals surface area contributed by atoms with Gasteiger partial charge >= 0.3 is 6.54 Å². The lowest BCUT2D eigenvalue weighted by molar-refractivity contribution is -0.0652. The van der Waals surface area contributed by atoms with E-state index in [2.05, 4.69) is 9.47 Å². The van der Waals surface area contributed by atoms with Crippen LogP contribution in [0.25, 0.3) is 0 Å². The van der Waals surface area contributed by atoms with E-state index in [1.165, 1.54) is 6.07 Å². The van der Waals surface area contributed by atoms with E-state index in [-0.39, 0.29) is 28.8 Å². The molecule has 15 heavy (non-hydrogen) atoms. The summed E-state index contributed by atoms with van der Waals surface area (Å²) in [5, 5.41) is 0. The molecule has 1 N–H and O–H groups in total. The van der Waals surface area contributed by atoms with Crippen molar-refractivity contribution in [3.05, 3.63) is 18.2 Å². The number of hydrogen-bond acceptors (Lipinski definition) is 4. The third-order valence-electron chi connectivity index (χ3n) is 1.65. The van der Waals surface area contributed by atoms with Crippen molar-refractivity contribution < 1.29 is 26.8 Å². The van der Waals surface area contributed by atoms with Crippen molar-refractivity contribution in [1.29, 1.82) is 0 Å². The molecule has 1 aromatic carbocycles. The summed E-state index contributed by atoms with van der Waals surface area (Å²) in [6.07, 6.45) is 0. The highest BCUT2D eigenvalue weighted by Gasteiger charge is 2.25. The minimum atomic E-state index is -4.30. The summed E-state index contributed by atoms with van der Waals surface area (Å²) >= 11 is 0. The molecule has 2 rings (SSSR count). The molecule has 8 heteroatoms. The molecule has 1 unspecified atom stereocenters. The van der Waals surface area contributed by atoms with Crippen LogP contribution in [0.15, 0.2) is 23.1 Å². The molecule has 1 aliphatic rings. The number of benzene rings is 1. The Morgan fingerprint density at radius 2 is 1.87 bits per heavy atom. The Hall–Kier alpha value is -1.05. The highest BCUT2D eigenvalue weighted by Crippen LogP contribution is 2.36. The molecule has 84 valence electrons. The van der Waals surface area contributed by atoms with Crippen molar-refractivity contribution in [2.45, 2.75) is 11.4 Å². The van der Waals surface area contributed by atoms with Gasteiger partial charge in [-0.2, -0.15) is 12.8 Å². The lowest BCUT2D eigenvalue weighted by Crippen LogP contribution is -2.09. The SMILES string of the molecule is Cl.O=S(=O)(O)c1ccc2c(c1)OC(F)O2. The summed E-state index contributed by atoms with van der Waals surface area (Å²) in [4.78, 5) is -0.367. The summed E-state index contributed by atoms with van der Waals surface area (Å²) in [6.45, 7) is -1.93. The van der Waals surface area contributed by atoms with Gasteiger partial charge in [-0.25, -0.2) is 0 Å². The van der Waals surface area contributed by atoms with Crippen molar-refractivity contribution in [2.24, 2.45) is 0 Å². The van der Waals surface area contributed by atoms with Crippen molar-refractivity contribution in [3.63, 3.8) is 0 Å². The summed E-state index contributed by atoms with van der Waals surface area (Å²) in [7, 11) is -4.30. The fourth-order valence-electron chi connectivity index (χ4n) is 1.06. The predicted molar refractivity (Wildman–Crippen MR) is 49.7 cm³/mol. The topological polar surface area (TPSA) is 72.8 Å². The van der Waals surface area contributed by atoms with E-state index in [1.54, 1.807) is 0 Å². The van der Waals surface area contributed by atoms with Gasteiger partial charge < -0.3 is 9.47 Å². The zero-order chi connectivity index (χ0) is 10.3. The van der Waals surface area contributed by atoms with E-state index in [9.17, 15) is 12.8 Å². The van der Waals surface area contributed by atoms with E-state index < -0.39 is 16.7 Å². The molecule has 0 aliphatic carbocycles. The summed E-state index contributed by atoms with van der Waals surface area (Å²) in [5.74, 6) is 0.0533. The average molecular weight is 257 g/mol. The van der Waals surface area contributed by atoms with Crippen molar-refractivity contribution >= 4 is 22.5 Å². The fraction of sp³-hybridized carbons (Fsp3) is 0.143. The minimum Gasteiger partial charge on any atom is -0.425 e. The zero-order valence-corrected chi connectivity index (χ0v) is 8.72. The molecule has 0 saturated heterocycles. The van der Waals surface area contributed by atoms with Crippen LogP contribution in [0.2, 0.25) is 0 Å². The smallest absolute Gasteiger partial charge is 0.397 e. The van der Waals surface area contributed by atoms with E-state index in [4.69, 9.17) is 4.55 Å². The number of alkyl halides is 1. The van der Waals surface area contributed by atoms with Gasteiger partial charge in [0.1, 0.15) is 0 Å². The fourth-order valence-corrected chi connectivity index (χ4v) is 1.56. The van der Waals surface area contributed by atoms with Crippen LogP contribution in [0, 0.1) is 0 Å². The molecule has 0 bridgehead atoms. The first-order valence-corrected chi connectivity index (χ1v) is 5.00. The van der Waals surface area contributed by atoms with Gasteiger partial charge in [0.2, 0.25) is 0 Å². The van der Waals surface area contributed by atoms with Gasteiger partial charge in [0.25, 0.3) is 10.1 Å². The molecular formula is C7H6ClFO5S. The first-order valence-electron chi connectivity index (χ1n) is 3.56. The largest absolute Gasteiger partial charge is 0.425 e. The molecule has 5 nitrogen and oxygen atoms in total. The van der Waals surface area contributed by atoms with Gasteiger partial charge in [0.05, 0.1) is 4.90 Å². The van der Waals surface area contributed by atoms with Crippen LogP contribution < -0.4 is 9.47 Å². The number of fused-ring (bicyclic) bond motifs is 1. The Kier molecular flexibility index (Phi) is 3.08. The van der Waals surface area contributed by atoms with Gasteiger partial charge in [-0.3, -0.25) is 4.55 Å². The van der Waals surface area contributed by atoms with Gasteiger partial charge in [-0.1, -0.05) is 0 Å². The minimum absolute atomic E-state index is 0. The molecule has 1 aromatic rings.